The van der Waals surface area contributed by atoms with Crippen LogP contribution in [0.3, 0.4) is 0 Å². The van der Waals surface area contributed by atoms with Crippen LogP contribution in [0.15, 0.2) is 17.3 Å². The van der Waals surface area contributed by atoms with E-state index in [0.29, 0.717) is 0 Å². The number of nitrogens with zero attached hydrogens (tertiary/aromatic N) is 5. The molecule has 7 heteroatoms. The van der Waals surface area contributed by atoms with E-state index < -0.39 is 0 Å². The number of hydrogen-bond acceptors (Lipinski definition) is 4. The predicted molar refractivity (Wildman–Crippen MR) is 106 cm³/mol. The first-order valence-electron chi connectivity index (χ1n) is 9.98. The summed E-state index contributed by atoms with van der Waals surface area (Å²) in [5, 5.41) is 11.3. The molecule has 0 amide bonds. The first-order valence-corrected chi connectivity index (χ1v) is 9.98. The van der Waals surface area contributed by atoms with Crippen LogP contribution in [0.1, 0.15) is 37.8 Å². The number of likely N-dealkylation sites (tertiary alicyclic amines) is 2. The highest BCUT2D eigenvalue weighted by Crippen LogP contribution is 2.30. The van der Waals surface area contributed by atoms with Gasteiger partial charge in [0, 0.05) is 32.4 Å². The van der Waals surface area contributed by atoms with Gasteiger partial charge in [-0.05, 0) is 65.0 Å². The molecule has 0 saturated carbocycles. The molecule has 2 aliphatic rings. The summed E-state index contributed by atoms with van der Waals surface area (Å²) in [6.45, 7) is 6.54. The summed E-state index contributed by atoms with van der Waals surface area (Å²) in [5.41, 5.74) is 1.41. The zero-order chi connectivity index (χ0) is 18.4. The van der Waals surface area contributed by atoms with Crippen molar-refractivity contribution in [3.63, 3.8) is 0 Å². The summed E-state index contributed by atoms with van der Waals surface area (Å²) in [6, 6.07) is 2.03. The standard InChI is InChI=1S/C19H35N7/c1-20-18(21-15-17-7-10-23-25(17)3)22-16-19(8-13-24(2)14-9-19)26-11-5-4-6-12-26/h7,10H,4-6,8-9,11-16H2,1-3H3,(H2,20,21,22). The molecule has 0 bridgehead atoms. The van der Waals surface area contributed by atoms with Crippen molar-refractivity contribution in [2.75, 3.05) is 46.8 Å². The number of aliphatic imine (C=N–C) groups is 1. The van der Waals surface area contributed by atoms with Crippen LogP contribution in [-0.4, -0.2) is 77.9 Å². The summed E-state index contributed by atoms with van der Waals surface area (Å²) >= 11 is 0. The van der Waals surface area contributed by atoms with Crippen molar-refractivity contribution in [3.05, 3.63) is 18.0 Å². The van der Waals surface area contributed by atoms with E-state index in [1.807, 2.05) is 31.0 Å². The van der Waals surface area contributed by atoms with Gasteiger partial charge in [0.15, 0.2) is 5.96 Å². The lowest BCUT2D eigenvalue weighted by atomic mass is 9.84. The third kappa shape index (κ3) is 4.57. The van der Waals surface area contributed by atoms with Crippen molar-refractivity contribution in [2.45, 2.75) is 44.2 Å². The molecule has 3 rings (SSSR count). The molecule has 1 aromatic heterocycles. The number of aromatic nitrogens is 2. The molecular weight excluding hydrogens is 326 g/mol. The van der Waals surface area contributed by atoms with Crippen molar-refractivity contribution < 1.29 is 0 Å². The molecule has 2 fully saturated rings. The molecule has 146 valence electrons. The first kappa shape index (κ1) is 19.2. The van der Waals surface area contributed by atoms with Gasteiger partial charge in [-0.15, -0.1) is 0 Å². The lowest BCUT2D eigenvalue weighted by molar-refractivity contribution is 0.0173. The molecule has 7 nitrogen and oxygen atoms in total. The van der Waals surface area contributed by atoms with Crippen LogP contribution < -0.4 is 10.6 Å². The molecule has 0 atom stereocenters. The Balaban J connectivity index is 1.59. The minimum Gasteiger partial charge on any atom is -0.355 e. The molecule has 0 aromatic carbocycles. The second kappa shape index (κ2) is 8.86. The molecule has 3 heterocycles. The Morgan fingerprint density at radius 1 is 1.12 bits per heavy atom. The quantitative estimate of drug-likeness (QED) is 0.606. The Kier molecular flexibility index (Phi) is 6.53. The lowest BCUT2D eigenvalue weighted by Crippen LogP contribution is -2.62. The number of guanidine groups is 1. The number of rotatable bonds is 5. The fraction of sp³-hybridized carbons (Fsp3) is 0.789. The maximum atomic E-state index is 4.43. The molecular formula is C19H35N7. The van der Waals surface area contributed by atoms with Crippen molar-refractivity contribution >= 4 is 5.96 Å². The molecule has 0 radical (unpaired) electrons. The van der Waals surface area contributed by atoms with E-state index in [-0.39, 0.29) is 5.54 Å². The van der Waals surface area contributed by atoms with Gasteiger partial charge in [-0.25, -0.2) is 0 Å². The summed E-state index contributed by atoms with van der Waals surface area (Å²) in [5.74, 6) is 0.876. The zero-order valence-electron chi connectivity index (χ0n) is 16.7. The topological polar surface area (TPSA) is 60.7 Å². The second-order valence-electron chi connectivity index (χ2n) is 7.80. The Hall–Kier alpha value is -1.60. The summed E-state index contributed by atoms with van der Waals surface area (Å²) in [6.07, 6.45) is 8.35. The van der Waals surface area contributed by atoms with E-state index in [4.69, 9.17) is 0 Å². The van der Waals surface area contributed by atoms with Crippen LogP contribution >= 0.6 is 0 Å². The summed E-state index contributed by atoms with van der Waals surface area (Å²) in [4.78, 5) is 9.64. The maximum Gasteiger partial charge on any atom is 0.191 e. The van der Waals surface area contributed by atoms with Gasteiger partial charge in [0.1, 0.15) is 0 Å². The Bertz CT molecular complexity index is 580. The van der Waals surface area contributed by atoms with Gasteiger partial charge in [0.2, 0.25) is 0 Å². The van der Waals surface area contributed by atoms with Gasteiger partial charge in [0.25, 0.3) is 0 Å². The predicted octanol–water partition coefficient (Wildman–Crippen LogP) is 1.04. The van der Waals surface area contributed by atoms with Crippen LogP contribution in [0.5, 0.6) is 0 Å². The van der Waals surface area contributed by atoms with Gasteiger partial charge in [-0.3, -0.25) is 14.6 Å². The highest BCUT2D eigenvalue weighted by Gasteiger charge is 2.39. The Labute approximate surface area is 157 Å². The van der Waals surface area contributed by atoms with Crippen molar-refractivity contribution in [1.29, 1.82) is 0 Å². The van der Waals surface area contributed by atoms with Gasteiger partial charge in [-0.2, -0.15) is 5.10 Å². The fourth-order valence-corrected chi connectivity index (χ4v) is 4.23. The Morgan fingerprint density at radius 2 is 1.85 bits per heavy atom. The molecule has 1 aromatic rings. The van der Waals surface area contributed by atoms with Crippen LogP contribution in [0.4, 0.5) is 0 Å². The van der Waals surface area contributed by atoms with Crippen LogP contribution in [0, 0.1) is 0 Å². The maximum absolute atomic E-state index is 4.43. The molecule has 2 N–H and O–H groups in total. The normalized spacial score (nSPS) is 22.3. The monoisotopic (exact) mass is 361 g/mol. The highest BCUT2D eigenvalue weighted by molar-refractivity contribution is 5.79. The van der Waals surface area contributed by atoms with E-state index in [2.05, 4.69) is 37.6 Å². The average molecular weight is 362 g/mol. The molecule has 2 saturated heterocycles. The largest absolute Gasteiger partial charge is 0.355 e. The number of piperidine rings is 2. The first-order chi connectivity index (χ1) is 12.6. The van der Waals surface area contributed by atoms with Gasteiger partial charge in [-0.1, -0.05) is 6.42 Å². The van der Waals surface area contributed by atoms with E-state index in [0.717, 1.165) is 24.7 Å². The molecule has 2 aliphatic heterocycles. The molecule has 26 heavy (non-hydrogen) atoms. The van der Waals surface area contributed by atoms with E-state index in [1.54, 1.807) is 0 Å². The van der Waals surface area contributed by atoms with Gasteiger partial charge < -0.3 is 15.5 Å². The van der Waals surface area contributed by atoms with E-state index in [1.165, 1.54) is 58.3 Å². The number of hydrogen-bond donors (Lipinski definition) is 2. The zero-order valence-corrected chi connectivity index (χ0v) is 16.7. The van der Waals surface area contributed by atoms with Crippen molar-refractivity contribution in [2.24, 2.45) is 12.0 Å². The molecule has 0 aliphatic carbocycles. The fourth-order valence-electron chi connectivity index (χ4n) is 4.23. The third-order valence-corrected chi connectivity index (χ3v) is 6.11. The SMILES string of the molecule is CN=C(NCc1ccnn1C)NCC1(N2CCCCC2)CCN(C)CC1. The van der Waals surface area contributed by atoms with Crippen molar-refractivity contribution in [1.82, 2.24) is 30.2 Å². The highest BCUT2D eigenvalue weighted by atomic mass is 15.3. The summed E-state index contributed by atoms with van der Waals surface area (Å²) in [7, 11) is 6.06. The minimum absolute atomic E-state index is 0.261. The molecule has 0 spiro atoms. The second-order valence-corrected chi connectivity index (χ2v) is 7.80. The van der Waals surface area contributed by atoms with Crippen LogP contribution in [0.2, 0.25) is 0 Å². The van der Waals surface area contributed by atoms with Crippen molar-refractivity contribution in [3.8, 4) is 0 Å². The smallest absolute Gasteiger partial charge is 0.191 e. The molecule has 0 unspecified atom stereocenters. The number of nitrogens with one attached hydrogen (secondary N) is 2. The van der Waals surface area contributed by atoms with E-state index >= 15 is 0 Å². The number of aryl methyl sites for hydroxylation is 1. The van der Waals surface area contributed by atoms with Gasteiger partial charge >= 0.3 is 0 Å². The van der Waals surface area contributed by atoms with Crippen LogP contribution in [-0.2, 0) is 13.6 Å². The Morgan fingerprint density at radius 3 is 2.46 bits per heavy atom. The third-order valence-electron chi connectivity index (χ3n) is 6.11. The van der Waals surface area contributed by atoms with Gasteiger partial charge in [0.05, 0.1) is 12.2 Å². The average Bonchev–Trinajstić information content (AvgIpc) is 3.09. The lowest BCUT2D eigenvalue weighted by Gasteiger charge is -2.50. The van der Waals surface area contributed by atoms with E-state index in [9.17, 15) is 0 Å². The van der Waals surface area contributed by atoms with Crippen LogP contribution in [0.25, 0.3) is 0 Å². The minimum atomic E-state index is 0.261. The summed E-state index contributed by atoms with van der Waals surface area (Å²) < 4.78 is 1.90.